The first kappa shape index (κ1) is 25.5. The number of aromatic nitrogens is 2. The van der Waals surface area contributed by atoms with Gasteiger partial charge in [-0.25, -0.2) is 8.42 Å². The van der Waals surface area contributed by atoms with Gasteiger partial charge in [0, 0.05) is 25.2 Å². The fourth-order valence-electron chi connectivity index (χ4n) is 3.70. The molecule has 1 heterocycles. The van der Waals surface area contributed by atoms with E-state index in [0.717, 1.165) is 19.3 Å². The molecule has 1 unspecified atom stereocenters. The van der Waals surface area contributed by atoms with Gasteiger partial charge in [0.2, 0.25) is 21.8 Å². The molecule has 3 rings (SSSR count). The van der Waals surface area contributed by atoms with Gasteiger partial charge in [0.1, 0.15) is 0 Å². The van der Waals surface area contributed by atoms with E-state index in [9.17, 15) is 13.2 Å². The number of hydrogen-bond acceptors (Lipinski definition) is 7. The molecule has 0 bridgehead atoms. The van der Waals surface area contributed by atoms with E-state index in [-0.39, 0.29) is 21.9 Å². The number of benzene rings is 1. The highest BCUT2D eigenvalue weighted by Crippen LogP contribution is 2.28. The molecule has 1 atom stereocenters. The standard InChI is InChI=1S/C23H32N4O4S2/c1-4-27(5-2)33(29,30)20-13-9-12-19(16-20)22-25-26-23(31-22)32-17(3)21(28)24-15-14-18-10-7-6-8-11-18/h9-10,12-13,16-17H,4-8,11,14-15H2,1-3H3,(H,24,28). The number of nitrogens with one attached hydrogen (secondary N) is 1. The van der Waals surface area contributed by atoms with Gasteiger partial charge in [-0.3, -0.25) is 4.79 Å². The van der Waals surface area contributed by atoms with E-state index >= 15 is 0 Å². The van der Waals surface area contributed by atoms with Crippen molar-refractivity contribution in [2.24, 2.45) is 0 Å². The summed E-state index contributed by atoms with van der Waals surface area (Å²) in [6, 6.07) is 6.46. The van der Waals surface area contributed by atoms with Crippen LogP contribution >= 0.6 is 11.8 Å². The Morgan fingerprint density at radius 2 is 2.03 bits per heavy atom. The third kappa shape index (κ3) is 6.68. The largest absolute Gasteiger partial charge is 0.411 e. The molecule has 8 nitrogen and oxygen atoms in total. The van der Waals surface area contributed by atoms with Crippen LogP contribution in [0.15, 0.2) is 50.4 Å². The smallest absolute Gasteiger partial charge is 0.277 e. The molecule has 10 heteroatoms. The molecule has 0 radical (unpaired) electrons. The lowest BCUT2D eigenvalue weighted by Gasteiger charge is -2.18. The van der Waals surface area contributed by atoms with Crippen LogP contribution < -0.4 is 5.32 Å². The average Bonchev–Trinajstić information content (AvgIpc) is 3.29. The van der Waals surface area contributed by atoms with Gasteiger partial charge in [0.25, 0.3) is 5.22 Å². The van der Waals surface area contributed by atoms with Crippen LogP contribution in [0.25, 0.3) is 11.5 Å². The van der Waals surface area contributed by atoms with Crippen molar-refractivity contribution < 1.29 is 17.6 Å². The van der Waals surface area contributed by atoms with Crippen molar-refractivity contribution in [2.45, 2.75) is 68.2 Å². The van der Waals surface area contributed by atoms with Crippen molar-refractivity contribution in [2.75, 3.05) is 19.6 Å². The van der Waals surface area contributed by atoms with E-state index in [2.05, 4.69) is 21.6 Å². The predicted octanol–water partition coefficient (Wildman–Crippen LogP) is 4.25. The molecule has 1 N–H and O–H groups in total. The summed E-state index contributed by atoms with van der Waals surface area (Å²) in [5, 5.41) is 10.9. The molecule has 1 aliphatic rings. The summed E-state index contributed by atoms with van der Waals surface area (Å²) in [7, 11) is -3.59. The minimum atomic E-state index is -3.59. The monoisotopic (exact) mass is 492 g/mol. The molecule has 0 saturated carbocycles. The van der Waals surface area contributed by atoms with Crippen LogP contribution in [0, 0.1) is 0 Å². The van der Waals surface area contributed by atoms with Gasteiger partial charge < -0.3 is 9.73 Å². The molecule has 1 aromatic heterocycles. The fraction of sp³-hybridized carbons (Fsp3) is 0.522. The predicted molar refractivity (Wildman–Crippen MR) is 129 cm³/mol. The number of sulfonamides is 1. The fourth-order valence-corrected chi connectivity index (χ4v) is 5.91. The van der Waals surface area contributed by atoms with Crippen LogP contribution in [0.5, 0.6) is 0 Å². The topological polar surface area (TPSA) is 105 Å². The molecule has 0 spiro atoms. The second-order valence-corrected chi connectivity index (χ2v) is 11.1. The number of rotatable bonds is 11. The second-order valence-electron chi connectivity index (χ2n) is 7.90. The molecule has 0 aliphatic heterocycles. The molecule has 1 amide bonds. The van der Waals surface area contributed by atoms with Crippen molar-refractivity contribution in [3.8, 4) is 11.5 Å². The number of thioether (sulfide) groups is 1. The lowest BCUT2D eigenvalue weighted by Crippen LogP contribution is -2.31. The van der Waals surface area contributed by atoms with Gasteiger partial charge in [-0.2, -0.15) is 4.31 Å². The van der Waals surface area contributed by atoms with Gasteiger partial charge >= 0.3 is 0 Å². The summed E-state index contributed by atoms with van der Waals surface area (Å²) in [4.78, 5) is 12.6. The summed E-state index contributed by atoms with van der Waals surface area (Å²) in [6.07, 6.45) is 7.93. The van der Waals surface area contributed by atoms with E-state index in [1.54, 1.807) is 39.0 Å². The summed E-state index contributed by atoms with van der Waals surface area (Å²) in [5.41, 5.74) is 1.94. The van der Waals surface area contributed by atoms with E-state index in [1.807, 2.05) is 0 Å². The number of nitrogens with zero attached hydrogens (tertiary/aromatic N) is 3. The van der Waals surface area contributed by atoms with Crippen molar-refractivity contribution in [1.29, 1.82) is 0 Å². The Morgan fingerprint density at radius 1 is 1.24 bits per heavy atom. The minimum absolute atomic E-state index is 0.0801. The van der Waals surface area contributed by atoms with Crippen LogP contribution in [-0.2, 0) is 14.8 Å². The Labute approximate surface area is 200 Å². The summed E-state index contributed by atoms with van der Waals surface area (Å²) in [6.45, 7) is 6.80. The first-order valence-corrected chi connectivity index (χ1v) is 13.7. The van der Waals surface area contributed by atoms with Gasteiger partial charge in [0.05, 0.1) is 10.1 Å². The third-order valence-electron chi connectivity index (χ3n) is 5.61. The van der Waals surface area contributed by atoms with Crippen LogP contribution in [0.3, 0.4) is 0 Å². The van der Waals surface area contributed by atoms with Gasteiger partial charge in [-0.15, -0.1) is 10.2 Å². The number of carbonyl (C=O) groups is 1. The van der Waals surface area contributed by atoms with Crippen molar-refractivity contribution in [1.82, 2.24) is 19.8 Å². The maximum atomic E-state index is 12.8. The van der Waals surface area contributed by atoms with Crippen LogP contribution in [0.2, 0.25) is 0 Å². The Bertz CT molecular complexity index is 1080. The highest BCUT2D eigenvalue weighted by molar-refractivity contribution is 8.00. The number of carbonyl (C=O) groups excluding carboxylic acids is 1. The summed E-state index contributed by atoms with van der Waals surface area (Å²) < 4.78 is 32.7. The van der Waals surface area contributed by atoms with Crippen molar-refractivity contribution in [3.05, 3.63) is 35.9 Å². The Balaban J connectivity index is 1.60. The Hall–Kier alpha value is -2.17. The molecular weight excluding hydrogens is 460 g/mol. The van der Waals surface area contributed by atoms with Gasteiger partial charge in [-0.05, 0) is 57.2 Å². The van der Waals surface area contributed by atoms with Gasteiger partial charge in [-0.1, -0.05) is 43.3 Å². The van der Waals surface area contributed by atoms with E-state index in [4.69, 9.17) is 4.42 Å². The molecule has 1 aromatic carbocycles. The van der Waals surface area contributed by atoms with Crippen LogP contribution in [0.4, 0.5) is 0 Å². The second kappa shape index (κ2) is 11.8. The van der Waals surface area contributed by atoms with E-state index in [0.29, 0.717) is 25.2 Å². The quantitative estimate of drug-likeness (QED) is 0.369. The lowest BCUT2D eigenvalue weighted by atomic mass is 9.97. The van der Waals surface area contributed by atoms with Gasteiger partial charge in [0.15, 0.2) is 0 Å². The average molecular weight is 493 g/mol. The normalized spacial score (nSPS) is 15.3. The SMILES string of the molecule is CCN(CC)S(=O)(=O)c1cccc(-c2nnc(SC(C)C(=O)NCCC3=CCCCC3)o2)c1. The highest BCUT2D eigenvalue weighted by atomic mass is 32.2. The molecule has 180 valence electrons. The number of allylic oxidation sites excluding steroid dienone is 1. The molecule has 2 aromatic rings. The maximum absolute atomic E-state index is 12.8. The summed E-state index contributed by atoms with van der Waals surface area (Å²) >= 11 is 1.18. The van der Waals surface area contributed by atoms with Crippen molar-refractivity contribution in [3.63, 3.8) is 0 Å². The first-order valence-electron chi connectivity index (χ1n) is 11.4. The Morgan fingerprint density at radius 3 is 2.73 bits per heavy atom. The number of amides is 1. The third-order valence-corrected chi connectivity index (χ3v) is 8.59. The zero-order chi connectivity index (χ0) is 23.8. The van der Waals surface area contributed by atoms with Crippen LogP contribution in [0.1, 0.15) is 52.9 Å². The molecular formula is C23H32N4O4S2. The zero-order valence-corrected chi connectivity index (χ0v) is 21.0. The molecule has 33 heavy (non-hydrogen) atoms. The Kier molecular flexibility index (Phi) is 9.10. The minimum Gasteiger partial charge on any atom is -0.411 e. The highest BCUT2D eigenvalue weighted by Gasteiger charge is 2.23. The lowest BCUT2D eigenvalue weighted by molar-refractivity contribution is -0.120. The van der Waals surface area contributed by atoms with Crippen molar-refractivity contribution >= 4 is 27.7 Å². The summed E-state index contributed by atoms with van der Waals surface area (Å²) in [5.74, 6) is 0.134. The molecule has 1 aliphatic carbocycles. The van der Waals surface area contributed by atoms with E-state index in [1.165, 1.54) is 40.5 Å². The molecule has 0 saturated heterocycles. The van der Waals surface area contributed by atoms with E-state index < -0.39 is 15.3 Å². The number of hydrogen-bond donors (Lipinski definition) is 1. The molecule has 0 fully saturated rings. The zero-order valence-electron chi connectivity index (χ0n) is 19.4. The first-order chi connectivity index (χ1) is 15.8. The van der Waals surface area contributed by atoms with Crippen LogP contribution in [-0.4, -0.2) is 53.7 Å². The maximum Gasteiger partial charge on any atom is 0.277 e.